The first kappa shape index (κ1) is 19.1. The Morgan fingerprint density at radius 2 is 1.69 bits per heavy atom. The van der Waals surface area contributed by atoms with Gasteiger partial charge in [0.1, 0.15) is 5.82 Å². The van der Waals surface area contributed by atoms with Gasteiger partial charge >= 0.3 is 0 Å². The normalized spacial score (nSPS) is 10.7. The largest absolute Gasteiger partial charge is 0.416 e. The fraction of sp³-hybridized carbons (Fsp3) is 0. The Kier molecular flexibility index (Phi) is 5.29. The van der Waals surface area contributed by atoms with Crippen molar-refractivity contribution in [1.29, 1.82) is 0 Å². The summed E-state index contributed by atoms with van der Waals surface area (Å²) in [5, 5.41) is 11.6. The van der Waals surface area contributed by atoms with Gasteiger partial charge in [-0.15, -0.1) is 10.2 Å². The molecule has 0 aliphatic rings. The van der Waals surface area contributed by atoms with Crippen LogP contribution in [0.5, 0.6) is 0 Å². The van der Waals surface area contributed by atoms with Gasteiger partial charge in [0.2, 0.25) is 11.8 Å². The molecule has 3 aromatic carbocycles. The molecule has 29 heavy (non-hydrogen) atoms. The van der Waals surface area contributed by atoms with Crippen molar-refractivity contribution in [2.24, 2.45) is 0 Å². The Balaban J connectivity index is 1.64. The lowest BCUT2D eigenvalue weighted by Gasteiger charge is -2.08. The minimum absolute atomic E-state index is 0.196. The maximum absolute atomic E-state index is 13.4. The number of benzene rings is 3. The van der Waals surface area contributed by atoms with Crippen LogP contribution >= 0.6 is 23.2 Å². The zero-order valence-electron chi connectivity index (χ0n) is 14.7. The molecule has 0 unspecified atom stereocenters. The molecule has 4 aromatic rings. The van der Waals surface area contributed by atoms with Crippen LogP contribution in [0.2, 0.25) is 10.0 Å². The predicted molar refractivity (Wildman–Crippen MR) is 110 cm³/mol. The van der Waals surface area contributed by atoms with Crippen molar-refractivity contribution in [3.8, 4) is 22.9 Å². The summed E-state index contributed by atoms with van der Waals surface area (Å²) in [5.74, 6) is -0.485. The van der Waals surface area contributed by atoms with Gasteiger partial charge in [0.05, 0.1) is 21.3 Å². The highest BCUT2D eigenvalue weighted by atomic mass is 35.5. The number of carbonyl (C=O) groups excluding carboxylic acids is 1. The summed E-state index contributed by atoms with van der Waals surface area (Å²) in [4.78, 5) is 12.5. The Bertz CT molecular complexity index is 1210. The molecule has 1 N–H and O–H groups in total. The summed E-state index contributed by atoms with van der Waals surface area (Å²) >= 11 is 12.0. The molecule has 0 radical (unpaired) electrons. The molecule has 0 saturated carbocycles. The molecule has 0 fully saturated rings. The van der Waals surface area contributed by atoms with Crippen molar-refractivity contribution in [2.75, 3.05) is 5.32 Å². The summed E-state index contributed by atoms with van der Waals surface area (Å²) in [6, 6.07) is 17.3. The van der Waals surface area contributed by atoms with Gasteiger partial charge in [-0.3, -0.25) is 4.79 Å². The molecule has 0 saturated heterocycles. The topological polar surface area (TPSA) is 68.0 Å². The average molecular weight is 428 g/mol. The number of anilines is 1. The van der Waals surface area contributed by atoms with E-state index in [-0.39, 0.29) is 17.3 Å². The van der Waals surface area contributed by atoms with E-state index >= 15 is 0 Å². The quantitative estimate of drug-likeness (QED) is 0.427. The van der Waals surface area contributed by atoms with E-state index in [2.05, 4.69) is 15.5 Å². The Hall–Kier alpha value is -3.22. The molecule has 1 heterocycles. The minimum atomic E-state index is -0.492. The summed E-state index contributed by atoms with van der Waals surface area (Å²) in [6.45, 7) is 0. The predicted octanol–water partition coefficient (Wildman–Crippen LogP) is 6.10. The molecule has 1 amide bonds. The molecule has 4 rings (SSSR count). The van der Waals surface area contributed by atoms with Crippen LogP contribution in [0.1, 0.15) is 10.4 Å². The Morgan fingerprint density at radius 3 is 2.48 bits per heavy atom. The zero-order valence-corrected chi connectivity index (χ0v) is 16.2. The van der Waals surface area contributed by atoms with E-state index in [1.807, 2.05) is 0 Å². The standard InChI is InChI=1S/C21H12Cl2FN3O2/c22-16-9-8-13(11-17(16)23)20-26-27-21(29-20)15-6-1-2-7-18(15)25-19(28)12-4-3-5-14(24)10-12/h1-11H,(H,25,28). The number of hydrogen-bond acceptors (Lipinski definition) is 4. The lowest BCUT2D eigenvalue weighted by molar-refractivity contribution is 0.102. The number of para-hydroxylation sites is 1. The number of aromatic nitrogens is 2. The number of hydrogen-bond donors (Lipinski definition) is 1. The second-order valence-corrected chi connectivity index (χ2v) is 6.87. The molecular formula is C21H12Cl2FN3O2. The zero-order chi connectivity index (χ0) is 20.4. The minimum Gasteiger partial charge on any atom is -0.416 e. The van der Waals surface area contributed by atoms with E-state index in [0.29, 0.717) is 26.9 Å². The smallest absolute Gasteiger partial charge is 0.255 e. The van der Waals surface area contributed by atoms with Crippen LogP contribution in [0, 0.1) is 5.82 Å². The Labute approximate surface area is 175 Å². The van der Waals surface area contributed by atoms with Crippen molar-refractivity contribution in [3.05, 3.63) is 88.2 Å². The maximum atomic E-state index is 13.4. The van der Waals surface area contributed by atoms with Crippen molar-refractivity contribution in [3.63, 3.8) is 0 Å². The molecule has 5 nitrogen and oxygen atoms in total. The summed E-state index contributed by atoms with van der Waals surface area (Å²) in [6.07, 6.45) is 0. The maximum Gasteiger partial charge on any atom is 0.255 e. The van der Waals surface area contributed by atoms with Gasteiger partial charge in [-0.05, 0) is 48.5 Å². The summed E-state index contributed by atoms with van der Waals surface area (Å²) < 4.78 is 19.2. The molecular weight excluding hydrogens is 416 g/mol. The number of rotatable bonds is 4. The van der Waals surface area contributed by atoms with Crippen molar-refractivity contribution >= 4 is 34.8 Å². The van der Waals surface area contributed by atoms with Crippen LogP contribution in [0.3, 0.4) is 0 Å². The van der Waals surface area contributed by atoms with Gasteiger partial charge in [0, 0.05) is 11.1 Å². The Morgan fingerprint density at radius 1 is 0.897 bits per heavy atom. The third kappa shape index (κ3) is 4.13. The molecule has 0 bridgehead atoms. The molecule has 8 heteroatoms. The SMILES string of the molecule is O=C(Nc1ccccc1-c1nnc(-c2ccc(Cl)c(Cl)c2)o1)c1cccc(F)c1. The third-order valence-corrected chi connectivity index (χ3v) is 4.82. The second-order valence-electron chi connectivity index (χ2n) is 6.05. The number of nitrogens with one attached hydrogen (secondary N) is 1. The van der Waals surface area contributed by atoms with Crippen LogP contribution in [-0.4, -0.2) is 16.1 Å². The summed E-state index contributed by atoms with van der Waals surface area (Å²) in [7, 11) is 0. The van der Waals surface area contributed by atoms with E-state index in [1.54, 1.807) is 42.5 Å². The molecule has 0 atom stereocenters. The van der Waals surface area contributed by atoms with Gasteiger partial charge < -0.3 is 9.73 Å². The van der Waals surface area contributed by atoms with E-state index in [0.717, 1.165) is 6.07 Å². The number of nitrogens with zero attached hydrogens (tertiary/aromatic N) is 2. The number of amides is 1. The first-order chi connectivity index (χ1) is 14.0. The van der Waals surface area contributed by atoms with Crippen LogP contribution in [0.4, 0.5) is 10.1 Å². The van der Waals surface area contributed by atoms with Gasteiger partial charge in [-0.2, -0.15) is 0 Å². The van der Waals surface area contributed by atoms with E-state index in [4.69, 9.17) is 27.6 Å². The molecule has 0 spiro atoms. The molecule has 144 valence electrons. The van der Waals surface area contributed by atoms with Crippen molar-refractivity contribution < 1.29 is 13.6 Å². The van der Waals surface area contributed by atoms with Crippen molar-refractivity contribution in [2.45, 2.75) is 0 Å². The van der Waals surface area contributed by atoms with Gasteiger partial charge in [0.15, 0.2) is 0 Å². The third-order valence-electron chi connectivity index (χ3n) is 4.08. The lowest BCUT2D eigenvalue weighted by atomic mass is 10.1. The highest BCUT2D eigenvalue weighted by Gasteiger charge is 2.16. The summed E-state index contributed by atoms with van der Waals surface area (Å²) in [5.41, 5.74) is 1.78. The average Bonchev–Trinajstić information content (AvgIpc) is 3.20. The lowest BCUT2D eigenvalue weighted by Crippen LogP contribution is -2.12. The molecule has 0 aliphatic carbocycles. The highest BCUT2D eigenvalue weighted by molar-refractivity contribution is 6.42. The van der Waals surface area contributed by atoms with Crippen LogP contribution < -0.4 is 5.32 Å². The highest BCUT2D eigenvalue weighted by Crippen LogP contribution is 2.32. The van der Waals surface area contributed by atoms with Gasteiger partial charge in [-0.25, -0.2) is 4.39 Å². The fourth-order valence-electron chi connectivity index (χ4n) is 2.68. The van der Waals surface area contributed by atoms with E-state index < -0.39 is 11.7 Å². The number of halogens is 3. The van der Waals surface area contributed by atoms with Gasteiger partial charge in [0.25, 0.3) is 5.91 Å². The van der Waals surface area contributed by atoms with E-state index in [1.165, 1.54) is 18.2 Å². The molecule has 0 aliphatic heterocycles. The molecule has 1 aromatic heterocycles. The van der Waals surface area contributed by atoms with Crippen molar-refractivity contribution in [1.82, 2.24) is 10.2 Å². The van der Waals surface area contributed by atoms with E-state index in [9.17, 15) is 9.18 Å². The fourth-order valence-corrected chi connectivity index (χ4v) is 2.98. The van der Waals surface area contributed by atoms with Gasteiger partial charge in [-0.1, -0.05) is 41.4 Å². The first-order valence-electron chi connectivity index (χ1n) is 8.46. The monoisotopic (exact) mass is 427 g/mol. The van der Waals surface area contributed by atoms with Crippen LogP contribution in [0.15, 0.2) is 71.1 Å². The van der Waals surface area contributed by atoms with Crippen LogP contribution in [0.25, 0.3) is 22.9 Å². The van der Waals surface area contributed by atoms with Crippen LogP contribution in [-0.2, 0) is 0 Å². The second kappa shape index (κ2) is 8.03. The first-order valence-corrected chi connectivity index (χ1v) is 9.22. The number of carbonyl (C=O) groups is 1.